The van der Waals surface area contributed by atoms with Crippen LogP contribution in [0, 0.1) is 0 Å². The zero-order valence-corrected chi connectivity index (χ0v) is 13.9. The molecule has 0 radical (unpaired) electrons. The van der Waals surface area contributed by atoms with Gasteiger partial charge in [-0.25, -0.2) is 0 Å². The first kappa shape index (κ1) is 16.4. The molecular formula is C18H31N3. The molecule has 0 aromatic carbocycles. The summed E-state index contributed by atoms with van der Waals surface area (Å²) < 4.78 is 0. The van der Waals surface area contributed by atoms with Crippen molar-refractivity contribution in [1.29, 1.82) is 0 Å². The van der Waals surface area contributed by atoms with Crippen molar-refractivity contribution in [2.45, 2.75) is 64.5 Å². The molecule has 0 aliphatic heterocycles. The number of nitrogens with one attached hydrogen (secondary N) is 1. The summed E-state index contributed by atoms with van der Waals surface area (Å²) in [6.45, 7) is 10.1. The van der Waals surface area contributed by atoms with Crippen LogP contribution in [0.2, 0.25) is 0 Å². The van der Waals surface area contributed by atoms with Crippen LogP contribution in [0.5, 0.6) is 0 Å². The van der Waals surface area contributed by atoms with E-state index in [1.54, 1.807) is 0 Å². The molecule has 1 heterocycles. The van der Waals surface area contributed by atoms with Crippen molar-refractivity contribution in [3.63, 3.8) is 0 Å². The van der Waals surface area contributed by atoms with Gasteiger partial charge in [-0.2, -0.15) is 0 Å². The van der Waals surface area contributed by atoms with Crippen LogP contribution in [-0.4, -0.2) is 41.1 Å². The Hall–Kier alpha value is -0.930. The summed E-state index contributed by atoms with van der Waals surface area (Å²) in [6, 6.07) is 6.76. The van der Waals surface area contributed by atoms with Gasteiger partial charge >= 0.3 is 0 Å². The maximum absolute atomic E-state index is 4.56. The largest absolute Gasteiger partial charge is 0.312 e. The standard InChI is InChI=1S/C18H31N3/c1-4-19-17(15-16-11-7-10-14-20-16)18(12-8-9-13-18)21(5-2)6-3/h7,10-11,14,17,19H,4-6,8-9,12-13,15H2,1-3H3. The van der Waals surface area contributed by atoms with Crippen molar-refractivity contribution in [2.24, 2.45) is 0 Å². The maximum atomic E-state index is 4.56. The predicted octanol–water partition coefficient (Wildman–Crippen LogP) is 3.26. The molecule has 1 aliphatic carbocycles. The van der Waals surface area contributed by atoms with Gasteiger partial charge < -0.3 is 5.32 Å². The van der Waals surface area contributed by atoms with E-state index in [4.69, 9.17) is 0 Å². The summed E-state index contributed by atoms with van der Waals surface area (Å²) >= 11 is 0. The van der Waals surface area contributed by atoms with Crippen molar-refractivity contribution in [3.05, 3.63) is 30.1 Å². The second-order valence-corrected chi connectivity index (χ2v) is 6.12. The number of pyridine rings is 1. The van der Waals surface area contributed by atoms with Gasteiger partial charge in [-0.05, 0) is 44.6 Å². The predicted molar refractivity (Wildman–Crippen MR) is 89.5 cm³/mol. The first-order valence-corrected chi connectivity index (χ1v) is 8.65. The highest BCUT2D eigenvalue weighted by atomic mass is 15.2. The van der Waals surface area contributed by atoms with Crippen molar-refractivity contribution < 1.29 is 0 Å². The number of hydrogen-bond acceptors (Lipinski definition) is 3. The van der Waals surface area contributed by atoms with Gasteiger partial charge in [-0.1, -0.05) is 39.7 Å². The zero-order valence-electron chi connectivity index (χ0n) is 13.9. The van der Waals surface area contributed by atoms with Gasteiger partial charge in [0.25, 0.3) is 0 Å². The minimum atomic E-state index is 0.316. The van der Waals surface area contributed by atoms with Crippen molar-refractivity contribution >= 4 is 0 Å². The van der Waals surface area contributed by atoms with Gasteiger partial charge in [0.2, 0.25) is 0 Å². The van der Waals surface area contributed by atoms with Gasteiger partial charge in [0.1, 0.15) is 0 Å². The first-order chi connectivity index (χ1) is 10.3. The van der Waals surface area contributed by atoms with Crippen molar-refractivity contribution in [1.82, 2.24) is 15.2 Å². The van der Waals surface area contributed by atoms with Crippen molar-refractivity contribution in [3.8, 4) is 0 Å². The fourth-order valence-electron chi connectivity index (χ4n) is 4.15. The number of aromatic nitrogens is 1. The molecule has 118 valence electrons. The van der Waals surface area contributed by atoms with E-state index < -0.39 is 0 Å². The minimum absolute atomic E-state index is 0.316. The van der Waals surface area contributed by atoms with Crippen molar-refractivity contribution in [2.75, 3.05) is 19.6 Å². The average Bonchev–Trinajstić information content (AvgIpc) is 3.00. The quantitative estimate of drug-likeness (QED) is 0.796. The highest BCUT2D eigenvalue weighted by Gasteiger charge is 2.44. The van der Waals surface area contributed by atoms with Crippen LogP contribution in [0.25, 0.3) is 0 Å². The smallest absolute Gasteiger partial charge is 0.0419 e. The second-order valence-electron chi connectivity index (χ2n) is 6.12. The molecule has 1 atom stereocenters. The lowest BCUT2D eigenvalue weighted by molar-refractivity contribution is 0.0632. The second kappa shape index (κ2) is 7.90. The molecular weight excluding hydrogens is 258 g/mol. The molecule has 0 amide bonds. The van der Waals surface area contributed by atoms with Crippen LogP contribution >= 0.6 is 0 Å². The Morgan fingerprint density at radius 3 is 2.43 bits per heavy atom. The lowest BCUT2D eigenvalue weighted by Gasteiger charge is -2.46. The van der Waals surface area contributed by atoms with E-state index in [0.717, 1.165) is 26.1 Å². The third-order valence-electron chi connectivity index (χ3n) is 5.10. The number of nitrogens with zero attached hydrogens (tertiary/aromatic N) is 2. The van der Waals surface area contributed by atoms with Gasteiger partial charge in [-0.3, -0.25) is 9.88 Å². The summed E-state index contributed by atoms with van der Waals surface area (Å²) in [5.41, 5.74) is 1.53. The Balaban J connectivity index is 2.24. The Morgan fingerprint density at radius 2 is 1.90 bits per heavy atom. The highest BCUT2D eigenvalue weighted by Crippen LogP contribution is 2.39. The molecule has 0 saturated heterocycles. The molecule has 1 aromatic heterocycles. The average molecular weight is 289 g/mol. The lowest BCUT2D eigenvalue weighted by atomic mass is 9.83. The molecule has 21 heavy (non-hydrogen) atoms. The third-order valence-corrected chi connectivity index (χ3v) is 5.10. The van der Waals surface area contributed by atoms with E-state index in [9.17, 15) is 0 Å². The van der Waals surface area contributed by atoms with Gasteiger partial charge in [0.15, 0.2) is 0 Å². The summed E-state index contributed by atoms with van der Waals surface area (Å²) in [5.74, 6) is 0. The Morgan fingerprint density at radius 1 is 1.19 bits per heavy atom. The Bertz CT molecular complexity index is 394. The Kier molecular flexibility index (Phi) is 6.19. The van der Waals surface area contributed by atoms with Crippen LogP contribution in [0.15, 0.2) is 24.4 Å². The van der Waals surface area contributed by atoms with Crippen LogP contribution in [-0.2, 0) is 6.42 Å². The zero-order chi connectivity index (χ0) is 15.1. The van der Waals surface area contributed by atoms with Gasteiger partial charge in [-0.15, -0.1) is 0 Å². The third kappa shape index (κ3) is 3.64. The molecule has 2 rings (SSSR count). The topological polar surface area (TPSA) is 28.2 Å². The summed E-state index contributed by atoms with van der Waals surface area (Å²) in [5, 5.41) is 3.78. The van der Waals surface area contributed by atoms with Crippen LogP contribution in [0.1, 0.15) is 52.1 Å². The molecule has 0 bridgehead atoms. The van der Waals surface area contributed by atoms with E-state index in [-0.39, 0.29) is 0 Å². The molecule has 1 aliphatic rings. The molecule has 1 unspecified atom stereocenters. The molecule has 1 saturated carbocycles. The molecule has 1 N–H and O–H groups in total. The SMILES string of the molecule is CCNC(Cc1ccccn1)C1(N(CC)CC)CCCC1. The first-order valence-electron chi connectivity index (χ1n) is 8.65. The molecule has 1 fully saturated rings. The van der Waals surface area contributed by atoms with E-state index in [0.29, 0.717) is 11.6 Å². The van der Waals surface area contributed by atoms with E-state index in [2.05, 4.69) is 48.1 Å². The van der Waals surface area contributed by atoms with Gasteiger partial charge in [0, 0.05) is 29.9 Å². The monoisotopic (exact) mass is 289 g/mol. The number of rotatable bonds is 8. The van der Waals surface area contributed by atoms with E-state index in [1.807, 2.05) is 12.3 Å². The lowest BCUT2D eigenvalue weighted by Crippen LogP contribution is -2.60. The fourth-order valence-corrected chi connectivity index (χ4v) is 4.15. The Labute approximate surface area is 130 Å². The van der Waals surface area contributed by atoms with E-state index >= 15 is 0 Å². The molecule has 1 aromatic rings. The minimum Gasteiger partial charge on any atom is -0.312 e. The highest BCUT2D eigenvalue weighted by molar-refractivity contribution is 5.11. The summed E-state index contributed by atoms with van der Waals surface area (Å²) in [4.78, 5) is 7.25. The number of hydrogen-bond donors (Lipinski definition) is 1. The maximum Gasteiger partial charge on any atom is 0.0419 e. The van der Waals surface area contributed by atoms with Crippen LogP contribution in [0.3, 0.4) is 0 Å². The summed E-state index contributed by atoms with van der Waals surface area (Å²) in [6.07, 6.45) is 8.31. The van der Waals surface area contributed by atoms with Crippen LogP contribution < -0.4 is 5.32 Å². The number of likely N-dealkylation sites (N-methyl/N-ethyl adjacent to an activating group) is 2. The van der Waals surface area contributed by atoms with Crippen LogP contribution in [0.4, 0.5) is 0 Å². The normalized spacial score (nSPS) is 19.0. The molecule has 3 heteroatoms. The summed E-state index contributed by atoms with van der Waals surface area (Å²) in [7, 11) is 0. The van der Waals surface area contributed by atoms with E-state index in [1.165, 1.54) is 31.4 Å². The molecule has 3 nitrogen and oxygen atoms in total. The molecule has 0 spiro atoms. The van der Waals surface area contributed by atoms with Gasteiger partial charge in [0.05, 0.1) is 0 Å². The fraction of sp³-hybridized carbons (Fsp3) is 0.722.